The molecule has 0 atom stereocenters. The van der Waals surface area contributed by atoms with Crippen LogP contribution in [0.5, 0.6) is 0 Å². The van der Waals surface area contributed by atoms with Crippen LogP contribution in [0.1, 0.15) is 0 Å². The van der Waals surface area contributed by atoms with Crippen LogP contribution in [0.2, 0.25) is 0 Å². The molecule has 0 aromatic carbocycles. The summed E-state index contributed by atoms with van der Waals surface area (Å²) in [6.07, 6.45) is 0. The van der Waals surface area contributed by atoms with Gasteiger partial charge in [-0.1, -0.05) is 0 Å². The van der Waals surface area contributed by atoms with Gasteiger partial charge in [-0.05, 0) is 0 Å². The third-order valence-corrected chi connectivity index (χ3v) is 2.27. The van der Waals surface area contributed by atoms with E-state index >= 15 is 0 Å². The van der Waals surface area contributed by atoms with Gasteiger partial charge in [0.05, 0.1) is 0 Å². The van der Waals surface area contributed by atoms with E-state index in [4.69, 9.17) is 5.73 Å². The Balaban J connectivity index is 3.13. The van der Waals surface area contributed by atoms with Crippen LogP contribution in [-0.2, 0) is 0 Å². The predicted molar refractivity (Wildman–Crippen MR) is 70.0 cm³/mol. The van der Waals surface area contributed by atoms with Crippen molar-refractivity contribution in [3.8, 4) is 0 Å². The number of nitrogen functional groups attached to an aromatic ring is 1. The van der Waals surface area contributed by atoms with E-state index < -0.39 is 12.1 Å². The van der Waals surface area contributed by atoms with Crippen molar-refractivity contribution in [1.82, 2.24) is 25.6 Å². The van der Waals surface area contributed by atoms with Gasteiger partial charge in [0.2, 0.25) is 17.8 Å². The maximum absolute atomic E-state index is 11.5. The Morgan fingerprint density at radius 2 is 1.32 bits per heavy atom. The van der Waals surface area contributed by atoms with Crippen molar-refractivity contribution in [2.45, 2.75) is 0 Å². The Hall–Kier alpha value is -2.65. The van der Waals surface area contributed by atoms with Gasteiger partial charge >= 0.3 is 12.1 Å². The number of anilines is 3. The highest BCUT2D eigenvalue weighted by atomic mass is 16.2. The van der Waals surface area contributed by atoms with E-state index in [-0.39, 0.29) is 17.8 Å². The molecule has 1 aromatic rings. The molecule has 0 aliphatic heterocycles. The molecule has 1 rings (SSSR count). The van der Waals surface area contributed by atoms with Gasteiger partial charge in [-0.3, -0.25) is 9.80 Å². The molecule has 0 bridgehead atoms. The van der Waals surface area contributed by atoms with Gasteiger partial charge in [-0.2, -0.15) is 15.0 Å². The number of urea groups is 2. The minimum Gasteiger partial charge on any atom is -0.368 e. The summed E-state index contributed by atoms with van der Waals surface area (Å²) in [5.74, 6) is -0.0123. The molecule has 10 nitrogen and oxygen atoms in total. The van der Waals surface area contributed by atoms with Gasteiger partial charge in [0, 0.05) is 28.2 Å². The van der Waals surface area contributed by atoms with E-state index in [1.165, 1.54) is 28.2 Å². The first-order chi connectivity index (χ1) is 8.90. The summed E-state index contributed by atoms with van der Waals surface area (Å²) < 4.78 is 0. The molecule has 104 valence electrons. The van der Waals surface area contributed by atoms with E-state index in [0.717, 1.165) is 9.80 Å². The molecule has 0 spiro atoms. The van der Waals surface area contributed by atoms with Gasteiger partial charge in [0.25, 0.3) is 0 Å². The molecular weight excluding hydrogens is 252 g/mol. The molecule has 0 unspecified atom stereocenters. The van der Waals surface area contributed by atoms with Gasteiger partial charge in [0.15, 0.2) is 0 Å². The highest BCUT2D eigenvalue weighted by Gasteiger charge is 2.18. The predicted octanol–water partition coefficient (Wildman–Crippen LogP) is -0.995. The lowest BCUT2D eigenvalue weighted by Crippen LogP contribution is -2.38. The van der Waals surface area contributed by atoms with Crippen molar-refractivity contribution in [2.75, 3.05) is 43.7 Å². The van der Waals surface area contributed by atoms with Gasteiger partial charge in [0.1, 0.15) is 0 Å². The SMILES string of the molecule is CNC(=O)N(C)c1nc(N)nc(N(C)C(=O)NC)n1. The zero-order valence-corrected chi connectivity index (χ0v) is 11.1. The number of hydrogen-bond donors (Lipinski definition) is 3. The monoisotopic (exact) mass is 268 g/mol. The molecular formula is C9H16N8O2. The van der Waals surface area contributed by atoms with E-state index in [0.29, 0.717) is 0 Å². The molecule has 0 aliphatic carbocycles. The fourth-order valence-electron chi connectivity index (χ4n) is 1.19. The quantitative estimate of drug-likeness (QED) is 0.631. The zero-order chi connectivity index (χ0) is 14.6. The topological polar surface area (TPSA) is 129 Å². The summed E-state index contributed by atoms with van der Waals surface area (Å²) in [6.45, 7) is 0. The molecule has 0 aliphatic rings. The molecule has 0 saturated heterocycles. The minimum absolute atomic E-state index is 0.0394. The molecule has 0 fully saturated rings. The van der Waals surface area contributed by atoms with Crippen molar-refractivity contribution < 1.29 is 9.59 Å². The van der Waals surface area contributed by atoms with Crippen molar-refractivity contribution in [3.63, 3.8) is 0 Å². The van der Waals surface area contributed by atoms with Crippen LogP contribution in [0.15, 0.2) is 0 Å². The van der Waals surface area contributed by atoms with Crippen LogP contribution in [0.3, 0.4) is 0 Å². The highest BCUT2D eigenvalue weighted by molar-refractivity contribution is 5.91. The maximum atomic E-state index is 11.5. The smallest absolute Gasteiger partial charge is 0.323 e. The number of nitrogens with two attached hydrogens (primary N) is 1. The Morgan fingerprint density at radius 1 is 0.947 bits per heavy atom. The number of carbonyl (C=O) groups is 2. The van der Waals surface area contributed by atoms with Crippen LogP contribution < -0.4 is 26.2 Å². The molecule has 1 aromatic heterocycles. The van der Waals surface area contributed by atoms with Crippen LogP contribution in [0.25, 0.3) is 0 Å². The Bertz CT molecular complexity index is 451. The fraction of sp³-hybridized carbons (Fsp3) is 0.444. The van der Waals surface area contributed by atoms with Crippen molar-refractivity contribution >= 4 is 29.9 Å². The second-order valence-corrected chi connectivity index (χ2v) is 3.52. The number of nitrogens with one attached hydrogen (secondary N) is 2. The lowest BCUT2D eigenvalue weighted by molar-refractivity contribution is 0.248. The summed E-state index contributed by atoms with van der Waals surface area (Å²) in [7, 11) is 5.89. The van der Waals surface area contributed by atoms with Gasteiger partial charge in [-0.15, -0.1) is 0 Å². The van der Waals surface area contributed by atoms with Gasteiger partial charge in [-0.25, -0.2) is 9.59 Å². The molecule has 0 radical (unpaired) electrons. The van der Waals surface area contributed by atoms with E-state index in [9.17, 15) is 9.59 Å². The standard InChI is InChI=1S/C9H16N8O2/c1-11-8(18)16(3)6-13-5(10)14-7(15-6)17(4)9(19)12-2/h1-4H3,(H,11,18)(H,12,19)(H2,10,13,14,15). The van der Waals surface area contributed by atoms with Crippen LogP contribution in [0.4, 0.5) is 27.4 Å². The first kappa shape index (κ1) is 14.4. The maximum Gasteiger partial charge on any atom is 0.323 e. The first-order valence-corrected chi connectivity index (χ1v) is 5.33. The third kappa shape index (κ3) is 3.18. The van der Waals surface area contributed by atoms with Crippen LogP contribution >= 0.6 is 0 Å². The first-order valence-electron chi connectivity index (χ1n) is 5.33. The second-order valence-electron chi connectivity index (χ2n) is 3.52. The number of nitrogens with zero attached hydrogens (tertiary/aromatic N) is 5. The normalized spacial score (nSPS) is 9.68. The Kier molecular flexibility index (Phi) is 4.40. The summed E-state index contributed by atoms with van der Waals surface area (Å²) in [6, 6.07) is -0.835. The number of aromatic nitrogens is 3. The summed E-state index contributed by atoms with van der Waals surface area (Å²) >= 11 is 0. The highest BCUT2D eigenvalue weighted by Crippen LogP contribution is 2.13. The average Bonchev–Trinajstić information content (AvgIpc) is 2.43. The van der Waals surface area contributed by atoms with E-state index in [2.05, 4.69) is 25.6 Å². The zero-order valence-electron chi connectivity index (χ0n) is 11.1. The largest absolute Gasteiger partial charge is 0.368 e. The lowest BCUT2D eigenvalue weighted by atomic mass is 10.6. The number of carbonyl (C=O) groups excluding carboxylic acids is 2. The van der Waals surface area contributed by atoms with Crippen molar-refractivity contribution in [2.24, 2.45) is 0 Å². The lowest BCUT2D eigenvalue weighted by Gasteiger charge is -2.18. The summed E-state index contributed by atoms with van der Waals surface area (Å²) in [5, 5.41) is 4.84. The molecule has 4 N–H and O–H groups in total. The van der Waals surface area contributed by atoms with Gasteiger partial charge < -0.3 is 16.4 Å². The summed E-state index contributed by atoms with van der Waals surface area (Å²) in [4.78, 5) is 36.9. The number of hydrogen-bond acceptors (Lipinski definition) is 6. The fourth-order valence-corrected chi connectivity index (χ4v) is 1.19. The summed E-state index contributed by atoms with van der Waals surface area (Å²) in [5.41, 5.74) is 5.54. The van der Waals surface area contributed by atoms with E-state index in [1.54, 1.807) is 0 Å². The average molecular weight is 268 g/mol. The number of amides is 4. The molecule has 19 heavy (non-hydrogen) atoms. The molecule has 10 heteroatoms. The van der Waals surface area contributed by atoms with E-state index in [1.807, 2.05) is 0 Å². The second kappa shape index (κ2) is 5.80. The van der Waals surface area contributed by atoms with Crippen LogP contribution in [-0.4, -0.2) is 55.2 Å². The number of rotatable bonds is 2. The molecule has 4 amide bonds. The molecule has 0 saturated carbocycles. The third-order valence-electron chi connectivity index (χ3n) is 2.27. The Morgan fingerprint density at radius 3 is 1.63 bits per heavy atom. The Labute approximate surface area is 110 Å². The van der Waals surface area contributed by atoms with Crippen LogP contribution in [0, 0.1) is 0 Å². The molecule has 1 heterocycles. The van der Waals surface area contributed by atoms with Crippen molar-refractivity contribution in [1.29, 1.82) is 0 Å². The minimum atomic E-state index is -0.417. The van der Waals surface area contributed by atoms with Crippen molar-refractivity contribution in [3.05, 3.63) is 0 Å².